The van der Waals surface area contributed by atoms with E-state index in [2.05, 4.69) is 5.32 Å². The van der Waals surface area contributed by atoms with Crippen LogP contribution in [-0.4, -0.2) is 13.1 Å². The zero-order valence-corrected chi connectivity index (χ0v) is 9.10. The van der Waals surface area contributed by atoms with Gasteiger partial charge in [0.25, 0.3) is 0 Å². The van der Waals surface area contributed by atoms with Gasteiger partial charge in [0.05, 0.1) is 5.02 Å². The first-order chi connectivity index (χ1) is 7.18. The molecule has 1 aliphatic rings. The van der Waals surface area contributed by atoms with E-state index in [-0.39, 0.29) is 11.1 Å². The highest BCUT2D eigenvalue weighted by atomic mass is 35.5. The summed E-state index contributed by atoms with van der Waals surface area (Å²) >= 11 is 5.72. The summed E-state index contributed by atoms with van der Waals surface area (Å²) in [5.74, 6) is 0.0312. The van der Waals surface area contributed by atoms with E-state index in [4.69, 9.17) is 17.3 Å². The standard InChI is InChI=1S/C11H14ClFN2/c12-9-5-7(1-2-10(9)13)11(14)8-3-4-15-6-8/h1-2,5,8,11,15H,3-4,6,14H2/t8-,11-/m0/s1. The van der Waals surface area contributed by atoms with Gasteiger partial charge in [-0.05, 0) is 43.1 Å². The number of hydrogen-bond donors (Lipinski definition) is 2. The molecule has 2 rings (SSSR count). The second-order valence-corrected chi connectivity index (χ2v) is 4.36. The first-order valence-electron chi connectivity index (χ1n) is 5.09. The van der Waals surface area contributed by atoms with E-state index in [1.807, 2.05) is 0 Å². The van der Waals surface area contributed by atoms with Crippen LogP contribution in [0.15, 0.2) is 18.2 Å². The Labute approximate surface area is 93.6 Å². The predicted octanol–water partition coefficient (Wildman–Crippen LogP) is 2.09. The molecule has 15 heavy (non-hydrogen) atoms. The molecule has 0 aliphatic carbocycles. The maximum absolute atomic E-state index is 13.0. The van der Waals surface area contributed by atoms with Crippen LogP contribution in [0.5, 0.6) is 0 Å². The van der Waals surface area contributed by atoms with E-state index in [0.29, 0.717) is 5.92 Å². The Morgan fingerprint density at radius 2 is 2.33 bits per heavy atom. The Balaban J connectivity index is 2.17. The van der Waals surface area contributed by atoms with Crippen molar-refractivity contribution in [3.8, 4) is 0 Å². The maximum Gasteiger partial charge on any atom is 0.141 e. The monoisotopic (exact) mass is 228 g/mol. The van der Waals surface area contributed by atoms with Gasteiger partial charge in [0.2, 0.25) is 0 Å². The molecule has 0 amide bonds. The third kappa shape index (κ3) is 2.30. The fourth-order valence-electron chi connectivity index (χ4n) is 1.98. The van der Waals surface area contributed by atoms with Crippen LogP contribution in [-0.2, 0) is 0 Å². The van der Waals surface area contributed by atoms with E-state index < -0.39 is 5.82 Å². The van der Waals surface area contributed by atoms with Crippen LogP contribution in [0.25, 0.3) is 0 Å². The lowest BCUT2D eigenvalue weighted by Gasteiger charge is -2.18. The highest BCUT2D eigenvalue weighted by Gasteiger charge is 2.23. The fraction of sp³-hybridized carbons (Fsp3) is 0.455. The van der Waals surface area contributed by atoms with Gasteiger partial charge in [0.1, 0.15) is 5.82 Å². The van der Waals surface area contributed by atoms with Gasteiger partial charge in [-0.2, -0.15) is 0 Å². The Kier molecular flexibility index (Phi) is 3.24. The quantitative estimate of drug-likeness (QED) is 0.814. The van der Waals surface area contributed by atoms with Crippen molar-refractivity contribution >= 4 is 11.6 Å². The average Bonchev–Trinajstić information content (AvgIpc) is 2.74. The summed E-state index contributed by atoms with van der Waals surface area (Å²) in [4.78, 5) is 0. The maximum atomic E-state index is 13.0. The van der Waals surface area contributed by atoms with E-state index in [1.165, 1.54) is 6.07 Å². The smallest absolute Gasteiger partial charge is 0.141 e. The molecule has 0 spiro atoms. The molecule has 1 heterocycles. The van der Waals surface area contributed by atoms with Crippen molar-refractivity contribution in [2.24, 2.45) is 11.7 Å². The normalized spacial score (nSPS) is 23.0. The third-order valence-corrected chi connectivity index (χ3v) is 3.22. The van der Waals surface area contributed by atoms with Gasteiger partial charge in [-0.15, -0.1) is 0 Å². The summed E-state index contributed by atoms with van der Waals surface area (Å²) in [5.41, 5.74) is 7.01. The van der Waals surface area contributed by atoms with Gasteiger partial charge in [0.15, 0.2) is 0 Å². The van der Waals surface area contributed by atoms with Crippen molar-refractivity contribution in [1.82, 2.24) is 5.32 Å². The van der Waals surface area contributed by atoms with Crippen molar-refractivity contribution in [3.05, 3.63) is 34.6 Å². The molecule has 1 aromatic rings. The van der Waals surface area contributed by atoms with Crippen LogP contribution in [0.2, 0.25) is 5.02 Å². The van der Waals surface area contributed by atoms with Gasteiger partial charge in [-0.1, -0.05) is 17.7 Å². The number of nitrogens with two attached hydrogens (primary N) is 1. The third-order valence-electron chi connectivity index (χ3n) is 2.93. The molecule has 0 aromatic heterocycles. The van der Waals surface area contributed by atoms with Gasteiger partial charge in [0, 0.05) is 6.04 Å². The first-order valence-corrected chi connectivity index (χ1v) is 5.47. The van der Waals surface area contributed by atoms with E-state index in [1.54, 1.807) is 12.1 Å². The van der Waals surface area contributed by atoms with Gasteiger partial charge < -0.3 is 11.1 Å². The number of halogens is 2. The SMILES string of the molecule is N[C@@H](c1ccc(F)c(Cl)c1)[C@H]1CCNC1. The van der Waals surface area contributed by atoms with E-state index in [0.717, 1.165) is 25.1 Å². The molecule has 3 N–H and O–H groups in total. The number of hydrogen-bond acceptors (Lipinski definition) is 2. The molecule has 1 fully saturated rings. The largest absolute Gasteiger partial charge is 0.324 e. The van der Waals surface area contributed by atoms with Crippen molar-refractivity contribution in [1.29, 1.82) is 0 Å². The Hall–Kier alpha value is -0.640. The topological polar surface area (TPSA) is 38.0 Å². The molecule has 1 aliphatic heterocycles. The minimum Gasteiger partial charge on any atom is -0.324 e. The second kappa shape index (κ2) is 4.47. The number of nitrogens with one attached hydrogen (secondary N) is 1. The van der Waals surface area contributed by atoms with Crippen molar-refractivity contribution < 1.29 is 4.39 Å². The average molecular weight is 229 g/mol. The minimum atomic E-state index is -0.392. The molecular formula is C11H14ClFN2. The van der Waals surface area contributed by atoms with Crippen molar-refractivity contribution in [3.63, 3.8) is 0 Å². The molecule has 0 unspecified atom stereocenters. The van der Waals surface area contributed by atoms with E-state index in [9.17, 15) is 4.39 Å². The molecular weight excluding hydrogens is 215 g/mol. The molecule has 82 valence electrons. The van der Waals surface area contributed by atoms with Crippen LogP contribution in [0.3, 0.4) is 0 Å². The minimum absolute atomic E-state index is 0.0573. The number of benzene rings is 1. The fourth-order valence-corrected chi connectivity index (χ4v) is 2.16. The Morgan fingerprint density at radius 1 is 1.53 bits per heavy atom. The highest BCUT2D eigenvalue weighted by Crippen LogP contribution is 2.27. The summed E-state index contributed by atoms with van der Waals surface area (Å²) in [6.45, 7) is 1.93. The number of rotatable bonds is 2. The molecule has 4 heteroatoms. The molecule has 0 saturated carbocycles. The lowest BCUT2D eigenvalue weighted by Crippen LogP contribution is -2.23. The summed E-state index contributed by atoms with van der Waals surface area (Å²) in [6, 6.07) is 4.65. The van der Waals surface area contributed by atoms with Crippen LogP contribution in [0, 0.1) is 11.7 Å². The molecule has 0 bridgehead atoms. The summed E-state index contributed by atoms with van der Waals surface area (Å²) in [6.07, 6.45) is 1.07. The van der Waals surface area contributed by atoms with Gasteiger partial charge in [-0.3, -0.25) is 0 Å². The van der Waals surface area contributed by atoms with Crippen LogP contribution >= 0.6 is 11.6 Å². The lowest BCUT2D eigenvalue weighted by molar-refractivity contribution is 0.469. The second-order valence-electron chi connectivity index (χ2n) is 3.95. The lowest BCUT2D eigenvalue weighted by atomic mass is 9.93. The zero-order chi connectivity index (χ0) is 10.8. The van der Waals surface area contributed by atoms with Crippen LogP contribution < -0.4 is 11.1 Å². The summed E-state index contributed by atoms with van der Waals surface area (Å²) in [5, 5.41) is 3.41. The molecule has 2 nitrogen and oxygen atoms in total. The highest BCUT2D eigenvalue weighted by molar-refractivity contribution is 6.30. The predicted molar refractivity (Wildman–Crippen MR) is 59.3 cm³/mol. The van der Waals surface area contributed by atoms with Crippen molar-refractivity contribution in [2.45, 2.75) is 12.5 Å². The van der Waals surface area contributed by atoms with Crippen LogP contribution in [0.1, 0.15) is 18.0 Å². The molecule has 2 atom stereocenters. The Morgan fingerprint density at radius 3 is 2.93 bits per heavy atom. The molecule has 1 aromatic carbocycles. The Bertz CT molecular complexity index is 350. The zero-order valence-electron chi connectivity index (χ0n) is 8.34. The van der Waals surface area contributed by atoms with Crippen molar-refractivity contribution in [2.75, 3.05) is 13.1 Å². The van der Waals surface area contributed by atoms with E-state index >= 15 is 0 Å². The van der Waals surface area contributed by atoms with Gasteiger partial charge >= 0.3 is 0 Å². The molecule has 0 radical (unpaired) electrons. The summed E-state index contributed by atoms with van der Waals surface area (Å²) in [7, 11) is 0. The first kappa shape index (κ1) is 10.9. The van der Waals surface area contributed by atoms with Crippen LogP contribution in [0.4, 0.5) is 4.39 Å². The molecule has 1 saturated heterocycles. The van der Waals surface area contributed by atoms with Gasteiger partial charge in [-0.25, -0.2) is 4.39 Å². The summed E-state index contributed by atoms with van der Waals surface area (Å²) < 4.78 is 13.0.